The molecule has 0 heterocycles. The number of amides is 1. The lowest BCUT2D eigenvalue weighted by molar-refractivity contribution is -0.384. The van der Waals surface area contributed by atoms with Crippen molar-refractivity contribution in [3.05, 3.63) is 94.3 Å². The molecule has 0 aliphatic heterocycles. The number of hydrogen-bond acceptors (Lipinski definition) is 5. The van der Waals surface area contributed by atoms with Crippen LogP contribution in [-0.2, 0) is 10.0 Å². The summed E-state index contributed by atoms with van der Waals surface area (Å²) in [5, 5.41) is 13.2. The van der Waals surface area contributed by atoms with E-state index in [1.165, 1.54) is 60.7 Å². The molecule has 0 aliphatic carbocycles. The molecule has 3 rings (SSSR count). The quantitative estimate of drug-likeness (QED) is 0.469. The molecule has 0 aromatic heterocycles. The molecule has 3 aromatic rings. The summed E-state index contributed by atoms with van der Waals surface area (Å²) in [6.07, 6.45) is 0. The molecule has 0 aliphatic rings. The van der Waals surface area contributed by atoms with Gasteiger partial charge in [-0.1, -0.05) is 0 Å². The Morgan fingerprint density at radius 2 is 1.41 bits per heavy atom. The first-order valence-electron chi connectivity index (χ1n) is 8.19. The van der Waals surface area contributed by atoms with Gasteiger partial charge in [0.05, 0.1) is 9.82 Å². The number of halogens is 1. The maximum atomic E-state index is 12.9. The van der Waals surface area contributed by atoms with Crippen LogP contribution < -0.4 is 10.0 Å². The van der Waals surface area contributed by atoms with Crippen molar-refractivity contribution in [2.24, 2.45) is 0 Å². The molecule has 10 heteroatoms. The Morgan fingerprint density at radius 1 is 0.862 bits per heavy atom. The molecule has 0 fully saturated rings. The number of anilines is 2. The first-order chi connectivity index (χ1) is 13.7. The first kappa shape index (κ1) is 20.0. The summed E-state index contributed by atoms with van der Waals surface area (Å²) in [6, 6.07) is 15.3. The molecule has 0 saturated heterocycles. The van der Waals surface area contributed by atoms with Crippen molar-refractivity contribution in [1.82, 2.24) is 0 Å². The Bertz CT molecular complexity index is 1150. The van der Waals surface area contributed by atoms with Gasteiger partial charge < -0.3 is 5.32 Å². The number of benzene rings is 3. The lowest BCUT2D eigenvalue weighted by Crippen LogP contribution is -2.14. The van der Waals surface area contributed by atoms with Crippen molar-refractivity contribution in [2.75, 3.05) is 10.0 Å². The van der Waals surface area contributed by atoms with Gasteiger partial charge in [0.1, 0.15) is 5.82 Å². The van der Waals surface area contributed by atoms with Crippen LogP contribution in [0.3, 0.4) is 0 Å². The molecule has 29 heavy (non-hydrogen) atoms. The second kappa shape index (κ2) is 8.07. The fraction of sp³-hybridized carbons (Fsp3) is 0. The van der Waals surface area contributed by atoms with Crippen molar-refractivity contribution < 1.29 is 22.5 Å². The zero-order chi connectivity index (χ0) is 21.0. The minimum absolute atomic E-state index is 0.0461. The zero-order valence-electron chi connectivity index (χ0n) is 14.7. The van der Waals surface area contributed by atoms with Gasteiger partial charge in [0.15, 0.2) is 0 Å². The summed E-state index contributed by atoms with van der Waals surface area (Å²) in [5.41, 5.74) is 0.631. The van der Waals surface area contributed by atoms with E-state index in [-0.39, 0.29) is 21.8 Å². The van der Waals surface area contributed by atoms with E-state index in [2.05, 4.69) is 10.0 Å². The Hall–Kier alpha value is -3.79. The number of nitrogens with one attached hydrogen (secondary N) is 2. The Balaban J connectivity index is 1.69. The Kier molecular flexibility index (Phi) is 5.55. The predicted molar refractivity (Wildman–Crippen MR) is 105 cm³/mol. The minimum atomic E-state index is -3.89. The molecule has 148 valence electrons. The number of sulfonamides is 1. The van der Waals surface area contributed by atoms with Crippen LogP contribution in [0.4, 0.5) is 21.5 Å². The van der Waals surface area contributed by atoms with Crippen LogP contribution in [0, 0.1) is 15.9 Å². The number of hydrogen-bond donors (Lipinski definition) is 2. The van der Waals surface area contributed by atoms with Crippen LogP contribution in [0.2, 0.25) is 0 Å². The van der Waals surface area contributed by atoms with E-state index in [4.69, 9.17) is 0 Å². The smallest absolute Gasteiger partial charge is 0.269 e. The highest BCUT2D eigenvalue weighted by Gasteiger charge is 2.15. The van der Waals surface area contributed by atoms with Crippen molar-refractivity contribution in [3.63, 3.8) is 0 Å². The number of carbonyl (C=O) groups excluding carboxylic acids is 1. The summed E-state index contributed by atoms with van der Waals surface area (Å²) < 4.78 is 40.0. The molecule has 0 radical (unpaired) electrons. The lowest BCUT2D eigenvalue weighted by Gasteiger charge is -2.09. The number of nitro benzene ring substituents is 1. The van der Waals surface area contributed by atoms with Crippen molar-refractivity contribution in [2.45, 2.75) is 4.90 Å². The molecular weight excluding hydrogens is 401 g/mol. The van der Waals surface area contributed by atoms with Gasteiger partial charge in [0.25, 0.3) is 21.6 Å². The Morgan fingerprint density at radius 3 is 1.97 bits per heavy atom. The Labute approximate surface area is 165 Å². The number of nitrogens with zero attached hydrogens (tertiary/aromatic N) is 1. The molecule has 0 unspecified atom stereocenters. The molecule has 3 aromatic carbocycles. The van der Waals surface area contributed by atoms with E-state index in [0.29, 0.717) is 5.69 Å². The highest BCUT2D eigenvalue weighted by molar-refractivity contribution is 7.92. The van der Waals surface area contributed by atoms with Crippen LogP contribution in [0.1, 0.15) is 10.4 Å². The standard InChI is InChI=1S/C19H14FN3O5S/c20-14-3-5-16(6-4-14)22-29(27,28)18-11-7-15(8-12-18)21-19(24)13-1-9-17(10-2-13)23(25)26/h1-12,22H,(H,21,24). The topological polar surface area (TPSA) is 118 Å². The number of rotatable bonds is 6. The SMILES string of the molecule is O=C(Nc1ccc(S(=O)(=O)Nc2ccc(F)cc2)cc1)c1ccc([N+](=O)[O-])cc1. The van der Waals surface area contributed by atoms with E-state index >= 15 is 0 Å². The number of carbonyl (C=O) groups is 1. The van der Waals surface area contributed by atoms with Crippen molar-refractivity contribution in [3.8, 4) is 0 Å². The van der Waals surface area contributed by atoms with E-state index < -0.39 is 26.7 Å². The maximum Gasteiger partial charge on any atom is 0.269 e. The van der Waals surface area contributed by atoms with Crippen LogP contribution in [0.25, 0.3) is 0 Å². The maximum absolute atomic E-state index is 12.9. The van der Waals surface area contributed by atoms with Crippen LogP contribution in [-0.4, -0.2) is 19.2 Å². The monoisotopic (exact) mass is 415 g/mol. The molecule has 0 atom stereocenters. The number of nitro groups is 1. The average molecular weight is 415 g/mol. The molecular formula is C19H14FN3O5S. The zero-order valence-corrected chi connectivity index (χ0v) is 15.5. The second-order valence-corrected chi connectivity index (χ2v) is 7.58. The van der Waals surface area contributed by atoms with Gasteiger partial charge >= 0.3 is 0 Å². The minimum Gasteiger partial charge on any atom is -0.322 e. The van der Waals surface area contributed by atoms with E-state index in [1.54, 1.807) is 0 Å². The third-order valence-corrected chi connectivity index (χ3v) is 5.26. The van der Waals surface area contributed by atoms with Crippen LogP contribution >= 0.6 is 0 Å². The van der Waals surface area contributed by atoms with Gasteiger partial charge in [-0.3, -0.25) is 19.6 Å². The largest absolute Gasteiger partial charge is 0.322 e. The fourth-order valence-corrected chi connectivity index (χ4v) is 3.45. The van der Waals surface area contributed by atoms with Gasteiger partial charge in [0, 0.05) is 29.1 Å². The summed E-state index contributed by atoms with van der Waals surface area (Å²) in [6.45, 7) is 0. The van der Waals surface area contributed by atoms with Gasteiger partial charge in [-0.15, -0.1) is 0 Å². The highest BCUT2D eigenvalue weighted by Crippen LogP contribution is 2.19. The first-order valence-corrected chi connectivity index (χ1v) is 9.67. The molecule has 1 amide bonds. The lowest BCUT2D eigenvalue weighted by atomic mass is 10.2. The molecule has 8 nitrogen and oxygen atoms in total. The summed E-state index contributed by atoms with van der Waals surface area (Å²) in [5.74, 6) is -0.985. The molecule has 2 N–H and O–H groups in total. The predicted octanol–water partition coefficient (Wildman–Crippen LogP) is 3.79. The van der Waals surface area contributed by atoms with Crippen molar-refractivity contribution >= 4 is 33.0 Å². The summed E-state index contributed by atoms with van der Waals surface area (Å²) in [4.78, 5) is 22.2. The summed E-state index contributed by atoms with van der Waals surface area (Å²) >= 11 is 0. The van der Waals surface area contributed by atoms with E-state index in [1.807, 2.05) is 0 Å². The summed E-state index contributed by atoms with van der Waals surface area (Å²) in [7, 11) is -3.89. The van der Waals surface area contributed by atoms with E-state index in [9.17, 15) is 27.7 Å². The van der Waals surface area contributed by atoms with Gasteiger partial charge in [0.2, 0.25) is 0 Å². The van der Waals surface area contributed by atoms with Gasteiger partial charge in [-0.25, -0.2) is 12.8 Å². The van der Waals surface area contributed by atoms with Crippen LogP contribution in [0.5, 0.6) is 0 Å². The van der Waals surface area contributed by atoms with Crippen molar-refractivity contribution in [1.29, 1.82) is 0 Å². The fourth-order valence-electron chi connectivity index (χ4n) is 2.39. The van der Waals surface area contributed by atoms with Gasteiger partial charge in [-0.05, 0) is 60.7 Å². The van der Waals surface area contributed by atoms with Gasteiger partial charge in [-0.2, -0.15) is 0 Å². The second-order valence-electron chi connectivity index (χ2n) is 5.89. The normalized spacial score (nSPS) is 10.9. The highest BCUT2D eigenvalue weighted by atomic mass is 32.2. The molecule has 0 saturated carbocycles. The third-order valence-electron chi connectivity index (χ3n) is 3.86. The molecule has 0 spiro atoms. The van der Waals surface area contributed by atoms with Crippen LogP contribution in [0.15, 0.2) is 77.7 Å². The van der Waals surface area contributed by atoms with E-state index in [0.717, 1.165) is 12.1 Å². The third kappa shape index (κ3) is 4.93. The molecule has 0 bridgehead atoms. The number of non-ortho nitro benzene ring substituents is 1. The average Bonchev–Trinajstić information content (AvgIpc) is 2.70.